The van der Waals surface area contributed by atoms with Gasteiger partial charge < -0.3 is 14.2 Å². The predicted molar refractivity (Wildman–Crippen MR) is 323 cm³/mol. The highest BCUT2D eigenvalue weighted by Crippen LogP contribution is 2.57. The van der Waals surface area contributed by atoms with Crippen LogP contribution in [0.3, 0.4) is 0 Å². The fourth-order valence-corrected chi connectivity index (χ4v) is 15.6. The van der Waals surface area contributed by atoms with Crippen LogP contribution in [0.15, 0.2) is 108 Å². The summed E-state index contributed by atoms with van der Waals surface area (Å²) in [6.45, 7) is 44.4. The molecule has 0 spiro atoms. The Hall–Kier alpha value is -5.26. The van der Waals surface area contributed by atoms with Crippen LogP contribution >= 0.6 is 0 Å². The van der Waals surface area contributed by atoms with Gasteiger partial charge in [-0.15, -0.1) is 0 Å². The third-order valence-corrected chi connectivity index (χ3v) is 21.7. The lowest BCUT2D eigenvalue weighted by molar-refractivity contribution is 0.331. The zero-order chi connectivity index (χ0) is 52.8. The van der Waals surface area contributed by atoms with E-state index in [9.17, 15) is 0 Å². The van der Waals surface area contributed by atoms with Crippen molar-refractivity contribution in [2.45, 2.75) is 200 Å². The van der Waals surface area contributed by atoms with E-state index < -0.39 is 8.07 Å². The molecule has 0 unspecified atom stereocenters. The number of hydrogen-bond donors (Lipinski definition) is 0. The smallest absolute Gasteiger partial charge is 0.297 e. The Bertz CT molecular complexity index is 3490. The second-order valence-electron chi connectivity index (χ2n) is 29.8. The van der Waals surface area contributed by atoms with Crippen LogP contribution in [0.1, 0.15) is 181 Å². The molecule has 74 heavy (non-hydrogen) atoms. The molecule has 0 amide bonds. The quantitative estimate of drug-likeness (QED) is 0.164. The molecular formula is C69H83BN2OSi. The van der Waals surface area contributed by atoms with Crippen molar-refractivity contribution in [2.75, 3.05) is 9.80 Å². The summed E-state index contributed by atoms with van der Waals surface area (Å²) in [6.07, 6.45) is 6.97. The van der Waals surface area contributed by atoms with Crippen LogP contribution < -0.4 is 31.6 Å². The second-order valence-corrected chi connectivity index (χ2v) is 34.9. The fraction of sp³-hybridized carbons (Fsp3) is 0.449. The SMILES string of the molecule is CC(C)(C)c1ccc(N2c3cc([Si](C)(C)C)cc4c3B(c3ccc5c(c3N4c3ccc4c(c3)C(C)(C)CCC4(C)C)C(C)(C)CCC5(C)C)c3oc4cc5c(cc4c32)C(C)(C)CCC5(C)C)c(-c2ccccc2)c1. The van der Waals surface area contributed by atoms with Crippen molar-refractivity contribution in [1.29, 1.82) is 0 Å². The van der Waals surface area contributed by atoms with Crippen LogP contribution in [-0.2, 0) is 37.9 Å². The van der Waals surface area contributed by atoms with Gasteiger partial charge in [-0.3, -0.25) is 0 Å². The highest BCUT2D eigenvalue weighted by molar-refractivity contribution is 7.00. The molecule has 382 valence electrons. The Balaban J connectivity index is 1.27. The van der Waals surface area contributed by atoms with Crippen LogP contribution in [0.25, 0.3) is 22.1 Å². The summed E-state index contributed by atoms with van der Waals surface area (Å²) in [5.74, 6) is 0. The van der Waals surface area contributed by atoms with Gasteiger partial charge in [-0.25, -0.2) is 0 Å². The van der Waals surface area contributed by atoms with Gasteiger partial charge in [0, 0.05) is 33.7 Å². The Labute approximate surface area is 446 Å². The molecule has 3 nitrogen and oxygen atoms in total. The predicted octanol–water partition coefficient (Wildman–Crippen LogP) is 17.1. The number of nitrogens with zero attached hydrogens (tertiary/aromatic N) is 2. The Morgan fingerprint density at radius 1 is 0.500 bits per heavy atom. The van der Waals surface area contributed by atoms with E-state index in [0.29, 0.717) is 0 Å². The van der Waals surface area contributed by atoms with Crippen molar-refractivity contribution < 1.29 is 4.42 Å². The highest BCUT2D eigenvalue weighted by Gasteiger charge is 2.52. The molecule has 5 aliphatic rings. The highest BCUT2D eigenvalue weighted by atomic mass is 28.3. The maximum Gasteiger partial charge on any atom is 0.297 e. The minimum atomic E-state index is -2.01. The van der Waals surface area contributed by atoms with Crippen molar-refractivity contribution in [3.63, 3.8) is 0 Å². The molecule has 0 radical (unpaired) electrons. The molecule has 0 atom stereocenters. The van der Waals surface area contributed by atoms with Crippen molar-refractivity contribution in [3.05, 3.63) is 142 Å². The topological polar surface area (TPSA) is 19.6 Å². The molecule has 0 fully saturated rings. The summed E-state index contributed by atoms with van der Waals surface area (Å²) in [5.41, 5.74) is 25.3. The Morgan fingerprint density at radius 3 is 1.65 bits per heavy atom. The van der Waals surface area contributed by atoms with E-state index in [-0.39, 0.29) is 44.6 Å². The Kier molecular flexibility index (Phi) is 10.5. The summed E-state index contributed by atoms with van der Waals surface area (Å²) < 4.78 is 7.85. The first-order chi connectivity index (χ1) is 34.4. The van der Waals surface area contributed by atoms with Gasteiger partial charge in [0.15, 0.2) is 0 Å². The summed E-state index contributed by atoms with van der Waals surface area (Å²) in [6, 6.07) is 41.7. The minimum absolute atomic E-state index is 0.0242. The molecule has 12 rings (SSSR count). The van der Waals surface area contributed by atoms with E-state index >= 15 is 0 Å². The van der Waals surface area contributed by atoms with E-state index in [2.05, 4.69) is 236 Å². The van der Waals surface area contributed by atoms with Crippen molar-refractivity contribution in [2.24, 2.45) is 0 Å². The summed E-state index contributed by atoms with van der Waals surface area (Å²) in [4.78, 5) is 5.50. The summed E-state index contributed by atoms with van der Waals surface area (Å²) in [7, 11) is -2.01. The standard InChI is InChI=1S/C69H83BN2OSi/c1-63(2,3)43-24-29-54(46(36-43)42-22-20-19-21-23-42)72-56-39-45(74(16,17)18)38-55-59(56)70(62-60(72)47-40-51-52(41-57(47)73-62)68(12,13)33-32-67(51,10)11)53-28-27-49-58(69(14,15)35-34-65(49,6)7)61(53)71(55)44-25-26-48-50(37-44)66(8,9)31-30-64(48,4)5/h19-29,36-41H,30-35H2,1-18H3. The van der Waals surface area contributed by atoms with Crippen LogP contribution in [0.2, 0.25) is 19.6 Å². The maximum atomic E-state index is 7.85. The molecule has 0 bridgehead atoms. The normalized spacial score (nSPS) is 20.3. The van der Waals surface area contributed by atoms with Crippen LogP contribution in [0, 0.1) is 0 Å². The molecular weight excluding hydrogens is 912 g/mol. The molecule has 3 aliphatic carbocycles. The van der Waals surface area contributed by atoms with Gasteiger partial charge in [0.25, 0.3) is 6.71 Å². The van der Waals surface area contributed by atoms with Crippen molar-refractivity contribution >= 4 is 81.7 Å². The first-order valence-corrected chi connectivity index (χ1v) is 31.8. The van der Waals surface area contributed by atoms with Gasteiger partial charge in [-0.2, -0.15) is 0 Å². The molecule has 3 heterocycles. The molecule has 1 aromatic heterocycles. The van der Waals surface area contributed by atoms with Crippen LogP contribution in [0.4, 0.5) is 34.1 Å². The van der Waals surface area contributed by atoms with Gasteiger partial charge in [0.2, 0.25) is 0 Å². The van der Waals surface area contributed by atoms with Crippen LogP contribution in [-0.4, -0.2) is 14.8 Å². The number of benzene rings is 6. The average Bonchev–Trinajstić information content (AvgIpc) is 3.77. The first-order valence-electron chi connectivity index (χ1n) is 28.3. The van der Waals surface area contributed by atoms with E-state index in [1.165, 1.54) is 119 Å². The van der Waals surface area contributed by atoms with Gasteiger partial charge >= 0.3 is 0 Å². The van der Waals surface area contributed by atoms with Gasteiger partial charge in [-0.1, -0.05) is 183 Å². The zero-order valence-electron chi connectivity index (χ0n) is 48.4. The number of furan rings is 1. The third kappa shape index (κ3) is 7.30. The molecule has 2 aliphatic heterocycles. The summed E-state index contributed by atoms with van der Waals surface area (Å²) in [5, 5.41) is 2.69. The van der Waals surface area contributed by atoms with E-state index in [0.717, 1.165) is 36.9 Å². The molecule has 7 aromatic rings. The number of anilines is 6. The van der Waals surface area contributed by atoms with Gasteiger partial charge in [0.1, 0.15) is 5.58 Å². The maximum absolute atomic E-state index is 7.85. The number of hydrogen-bond acceptors (Lipinski definition) is 3. The van der Waals surface area contributed by atoms with E-state index in [1.807, 2.05) is 0 Å². The lowest BCUT2D eigenvalue weighted by atomic mass is 9.35. The number of fused-ring (bicyclic) bond motifs is 10. The molecule has 0 saturated carbocycles. The molecule has 6 aromatic carbocycles. The van der Waals surface area contributed by atoms with E-state index in [4.69, 9.17) is 4.42 Å². The van der Waals surface area contributed by atoms with Crippen molar-refractivity contribution in [3.8, 4) is 11.1 Å². The largest absolute Gasteiger partial charge is 0.468 e. The Morgan fingerprint density at radius 2 is 1.04 bits per heavy atom. The van der Waals surface area contributed by atoms with Crippen LogP contribution in [0.5, 0.6) is 0 Å². The first kappa shape index (κ1) is 49.6. The molecule has 5 heteroatoms. The van der Waals surface area contributed by atoms with Crippen molar-refractivity contribution in [1.82, 2.24) is 0 Å². The monoisotopic (exact) mass is 995 g/mol. The zero-order valence-corrected chi connectivity index (χ0v) is 49.4. The lowest BCUT2D eigenvalue weighted by Gasteiger charge is -2.49. The summed E-state index contributed by atoms with van der Waals surface area (Å²) >= 11 is 0. The third-order valence-electron chi connectivity index (χ3n) is 19.7. The lowest BCUT2D eigenvalue weighted by Crippen LogP contribution is -2.62. The van der Waals surface area contributed by atoms with E-state index in [1.54, 1.807) is 0 Å². The minimum Gasteiger partial charge on any atom is -0.468 e. The molecule has 0 saturated heterocycles. The molecule has 0 N–H and O–H groups in total. The number of rotatable bonds is 4. The fourth-order valence-electron chi connectivity index (χ4n) is 14.5. The second kappa shape index (κ2) is 15.7. The van der Waals surface area contributed by atoms with Gasteiger partial charge in [-0.05, 0) is 180 Å². The van der Waals surface area contributed by atoms with Gasteiger partial charge in [0.05, 0.1) is 25.1 Å². The average molecular weight is 995 g/mol.